The average Bonchev–Trinajstić information content (AvgIpc) is 3.12. The molecule has 2 aromatic heterocycles. The number of nitrogens with zero attached hydrogens (tertiary/aromatic N) is 2. The van der Waals surface area contributed by atoms with Gasteiger partial charge in [0.15, 0.2) is 10.1 Å². The fourth-order valence-electron chi connectivity index (χ4n) is 2.08. The van der Waals surface area contributed by atoms with Gasteiger partial charge in [-0.3, -0.25) is 4.79 Å². The van der Waals surface area contributed by atoms with Crippen LogP contribution < -0.4 is 5.32 Å². The molecule has 3 rings (SSSR count). The second kappa shape index (κ2) is 7.25. The van der Waals surface area contributed by atoms with Gasteiger partial charge in [-0.25, -0.2) is 0 Å². The summed E-state index contributed by atoms with van der Waals surface area (Å²) >= 11 is 4.55. The van der Waals surface area contributed by atoms with Gasteiger partial charge in [-0.15, -0.1) is 21.5 Å². The van der Waals surface area contributed by atoms with Crippen molar-refractivity contribution in [2.24, 2.45) is 0 Å². The monoisotopic (exact) mass is 361 g/mol. The van der Waals surface area contributed by atoms with E-state index in [1.807, 2.05) is 50.2 Å². The van der Waals surface area contributed by atoms with Crippen molar-refractivity contribution < 1.29 is 4.79 Å². The zero-order valence-corrected chi connectivity index (χ0v) is 15.1. The minimum absolute atomic E-state index is 0.143. The van der Waals surface area contributed by atoms with Gasteiger partial charge < -0.3 is 5.32 Å². The van der Waals surface area contributed by atoms with Gasteiger partial charge in [0.25, 0.3) is 0 Å². The summed E-state index contributed by atoms with van der Waals surface area (Å²) in [5, 5.41) is 12.2. The molecule has 0 saturated heterocycles. The number of rotatable bonds is 6. The molecule has 0 spiro atoms. The van der Waals surface area contributed by atoms with Gasteiger partial charge in [-0.2, -0.15) is 0 Å². The third-order valence-corrected chi connectivity index (χ3v) is 6.04. The molecule has 2 heterocycles. The number of benzene rings is 1. The number of carbonyl (C=O) groups is 1. The van der Waals surface area contributed by atoms with Crippen molar-refractivity contribution in [1.29, 1.82) is 0 Å². The highest BCUT2D eigenvalue weighted by atomic mass is 32.2. The maximum Gasteiger partial charge on any atom is 0.210 e. The molecule has 0 aliphatic heterocycles. The second-order valence-corrected chi connectivity index (χ2v) is 8.56. The van der Waals surface area contributed by atoms with E-state index in [1.165, 1.54) is 28.0 Å². The molecule has 0 aliphatic carbocycles. The van der Waals surface area contributed by atoms with Crippen LogP contribution in [-0.4, -0.2) is 21.7 Å². The van der Waals surface area contributed by atoms with Crippen LogP contribution >= 0.6 is 34.4 Å². The quantitative estimate of drug-likeness (QED) is 0.498. The van der Waals surface area contributed by atoms with Gasteiger partial charge in [0.05, 0.1) is 5.75 Å². The molecular formula is C16H15N3OS3. The SMILES string of the molecule is Cc1cc(C(=O)CSc2nnc(Nc3ccccc3)s2)c(C)s1. The summed E-state index contributed by atoms with van der Waals surface area (Å²) in [6, 6.07) is 11.8. The molecule has 0 saturated carbocycles. The summed E-state index contributed by atoms with van der Waals surface area (Å²) < 4.78 is 0.793. The molecule has 23 heavy (non-hydrogen) atoms. The van der Waals surface area contributed by atoms with E-state index in [0.717, 1.165) is 25.6 Å². The number of ketones is 1. The zero-order valence-electron chi connectivity index (χ0n) is 12.7. The van der Waals surface area contributed by atoms with Crippen LogP contribution in [0.5, 0.6) is 0 Å². The van der Waals surface area contributed by atoms with Crippen molar-refractivity contribution in [2.75, 3.05) is 11.1 Å². The first-order chi connectivity index (χ1) is 11.1. The van der Waals surface area contributed by atoms with Crippen LogP contribution in [0.3, 0.4) is 0 Å². The number of thioether (sulfide) groups is 1. The molecule has 4 nitrogen and oxygen atoms in total. The first-order valence-electron chi connectivity index (χ1n) is 7.00. The highest BCUT2D eigenvalue weighted by molar-refractivity contribution is 8.01. The Morgan fingerprint density at radius 1 is 1.17 bits per heavy atom. The minimum atomic E-state index is 0.143. The molecule has 1 aromatic carbocycles. The molecule has 0 unspecified atom stereocenters. The molecule has 0 aliphatic rings. The lowest BCUT2D eigenvalue weighted by Gasteiger charge is -1.99. The Bertz CT molecular complexity index is 811. The van der Waals surface area contributed by atoms with Gasteiger partial charge in [0.2, 0.25) is 5.13 Å². The van der Waals surface area contributed by atoms with Crippen molar-refractivity contribution in [3.8, 4) is 0 Å². The van der Waals surface area contributed by atoms with Crippen LogP contribution in [-0.2, 0) is 0 Å². The number of aryl methyl sites for hydroxylation is 2. The van der Waals surface area contributed by atoms with Crippen molar-refractivity contribution in [2.45, 2.75) is 18.2 Å². The topological polar surface area (TPSA) is 54.9 Å². The van der Waals surface area contributed by atoms with Crippen molar-refractivity contribution >= 4 is 51.0 Å². The average molecular weight is 362 g/mol. The number of anilines is 2. The first kappa shape index (κ1) is 16.2. The van der Waals surface area contributed by atoms with Gasteiger partial charge in [0, 0.05) is 21.0 Å². The highest BCUT2D eigenvalue weighted by Gasteiger charge is 2.14. The van der Waals surface area contributed by atoms with Crippen LogP contribution in [0.1, 0.15) is 20.1 Å². The summed E-state index contributed by atoms with van der Waals surface area (Å²) in [6.45, 7) is 4.01. The van der Waals surface area contributed by atoms with E-state index in [9.17, 15) is 4.79 Å². The van der Waals surface area contributed by atoms with E-state index in [1.54, 1.807) is 11.3 Å². The molecule has 0 fully saturated rings. The second-order valence-electron chi connectivity index (χ2n) is 4.90. The third kappa shape index (κ3) is 4.19. The maximum absolute atomic E-state index is 12.3. The Balaban J connectivity index is 1.59. The molecular weight excluding hydrogens is 346 g/mol. The summed E-state index contributed by atoms with van der Waals surface area (Å²) in [5.41, 5.74) is 1.80. The van der Waals surface area contributed by atoms with Crippen molar-refractivity contribution in [1.82, 2.24) is 10.2 Å². The zero-order chi connectivity index (χ0) is 16.2. The van der Waals surface area contributed by atoms with Crippen LogP contribution in [0.2, 0.25) is 0 Å². The number of aromatic nitrogens is 2. The first-order valence-corrected chi connectivity index (χ1v) is 9.62. The minimum Gasteiger partial charge on any atom is -0.330 e. The van der Waals surface area contributed by atoms with E-state index >= 15 is 0 Å². The van der Waals surface area contributed by atoms with Gasteiger partial charge in [-0.05, 0) is 32.0 Å². The summed E-state index contributed by atoms with van der Waals surface area (Å²) in [5.74, 6) is 0.529. The molecule has 1 N–H and O–H groups in total. The molecule has 118 valence electrons. The van der Waals surface area contributed by atoms with E-state index < -0.39 is 0 Å². The van der Waals surface area contributed by atoms with E-state index in [-0.39, 0.29) is 5.78 Å². The number of thiophene rings is 1. The van der Waals surface area contributed by atoms with Crippen LogP contribution in [0, 0.1) is 13.8 Å². The lowest BCUT2D eigenvalue weighted by Crippen LogP contribution is -2.02. The predicted molar refractivity (Wildman–Crippen MR) is 98.5 cm³/mol. The molecule has 0 amide bonds. The standard InChI is InChI=1S/C16H15N3OS3/c1-10-8-13(11(2)22-10)14(20)9-21-16-19-18-15(23-16)17-12-6-4-3-5-7-12/h3-8H,9H2,1-2H3,(H,17,18). The number of hydrogen-bond acceptors (Lipinski definition) is 7. The molecule has 3 aromatic rings. The number of Topliss-reactive ketones (excluding diaryl/α,β-unsaturated/α-hetero) is 1. The van der Waals surface area contributed by atoms with Crippen molar-refractivity contribution in [3.63, 3.8) is 0 Å². The number of nitrogens with one attached hydrogen (secondary N) is 1. The number of hydrogen-bond donors (Lipinski definition) is 1. The highest BCUT2D eigenvalue weighted by Crippen LogP contribution is 2.29. The van der Waals surface area contributed by atoms with Gasteiger partial charge in [0.1, 0.15) is 0 Å². The Morgan fingerprint density at radius 3 is 2.65 bits per heavy atom. The Morgan fingerprint density at radius 2 is 1.96 bits per heavy atom. The van der Waals surface area contributed by atoms with Crippen LogP contribution in [0.25, 0.3) is 0 Å². The van der Waals surface area contributed by atoms with Crippen LogP contribution in [0.15, 0.2) is 40.7 Å². The van der Waals surface area contributed by atoms with Crippen molar-refractivity contribution in [3.05, 3.63) is 51.7 Å². The van der Waals surface area contributed by atoms with Gasteiger partial charge >= 0.3 is 0 Å². The number of carbonyl (C=O) groups excluding carboxylic acids is 1. The summed E-state index contributed by atoms with van der Waals surface area (Å²) in [4.78, 5) is 14.5. The summed E-state index contributed by atoms with van der Waals surface area (Å²) in [6.07, 6.45) is 0. The largest absolute Gasteiger partial charge is 0.330 e. The third-order valence-electron chi connectivity index (χ3n) is 3.10. The summed E-state index contributed by atoms with van der Waals surface area (Å²) in [7, 11) is 0. The predicted octanol–water partition coefficient (Wildman–Crippen LogP) is 4.94. The molecule has 7 heteroatoms. The Kier molecular flexibility index (Phi) is 5.09. The van der Waals surface area contributed by atoms with E-state index in [2.05, 4.69) is 15.5 Å². The van der Waals surface area contributed by atoms with E-state index in [0.29, 0.717) is 5.75 Å². The molecule has 0 atom stereocenters. The van der Waals surface area contributed by atoms with Gasteiger partial charge in [-0.1, -0.05) is 41.3 Å². The lowest BCUT2D eigenvalue weighted by molar-refractivity contribution is 0.102. The van der Waals surface area contributed by atoms with E-state index in [4.69, 9.17) is 0 Å². The molecule has 0 radical (unpaired) electrons. The molecule has 0 bridgehead atoms. The maximum atomic E-state index is 12.3. The fraction of sp³-hybridized carbons (Fsp3) is 0.188. The number of para-hydroxylation sites is 1. The smallest absolute Gasteiger partial charge is 0.210 e. The van der Waals surface area contributed by atoms with Crippen LogP contribution in [0.4, 0.5) is 10.8 Å². The fourth-order valence-corrected chi connectivity index (χ4v) is 4.67. The Labute approximate surface area is 147 Å². The lowest BCUT2D eigenvalue weighted by atomic mass is 10.2. The Hall–Kier alpha value is -1.70. The normalized spacial score (nSPS) is 10.7.